The van der Waals surface area contributed by atoms with E-state index < -0.39 is 0 Å². The van der Waals surface area contributed by atoms with E-state index in [0.717, 1.165) is 18.6 Å². The zero-order chi connectivity index (χ0) is 9.64. The molecule has 1 heterocycles. The minimum absolute atomic E-state index is 0.974. The van der Waals surface area contributed by atoms with Gasteiger partial charge in [-0.15, -0.1) is 0 Å². The third-order valence-electron chi connectivity index (χ3n) is 2.16. The highest BCUT2D eigenvalue weighted by molar-refractivity contribution is 6.10. The van der Waals surface area contributed by atoms with Crippen LogP contribution in [0.3, 0.4) is 0 Å². The molecule has 0 amide bonds. The smallest absolute Gasteiger partial charge is 0.0695 e. The number of rotatable bonds is 1. The molecule has 0 aromatic carbocycles. The van der Waals surface area contributed by atoms with Gasteiger partial charge in [0.25, 0.3) is 0 Å². The van der Waals surface area contributed by atoms with E-state index in [1.807, 2.05) is 6.20 Å². The highest BCUT2D eigenvalue weighted by Gasteiger charge is 2.00. The minimum atomic E-state index is 0.974. The summed E-state index contributed by atoms with van der Waals surface area (Å²) in [5, 5.41) is 0. The van der Waals surface area contributed by atoms with E-state index in [-0.39, 0.29) is 0 Å². The number of aliphatic imine (C=N–C) groups is 1. The first-order valence-corrected chi connectivity index (χ1v) is 4.90. The van der Waals surface area contributed by atoms with Crippen molar-refractivity contribution in [1.29, 1.82) is 0 Å². The monoisotopic (exact) mass is 183 g/mol. The molecule has 2 aliphatic rings. The first-order valence-electron chi connectivity index (χ1n) is 4.90. The summed E-state index contributed by atoms with van der Waals surface area (Å²) in [6, 6.07) is 0. The lowest BCUT2D eigenvalue weighted by atomic mass is 10.1. The topological polar surface area (TPSA) is 12.4 Å². The maximum atomic E-state index is 4.39. The van der Waals surface area contributed by atoms with Gasteiger partial charge >= 0.3 is 0 Å². The Morgan fingerprint density at radius 1 is 0.929 bits per heavy atom. The van der Waals surface area contributed by atoms with Crippen molar-refractivity contribution in [1.82, 2.24) is 0 Å². The molecule has 0 aromatic rings. The molecule has 0 aromatic heterocycles. The maximum absolute atomic E-state index is 4.39. The summed E-state index contributed by atoms with van der Waals surface area (Å²) >= 11 is 0. The second kappa shape index (κ2) is 4.56. The molecule has 0 fully saturated rings. The summed E-state index contributed by atoms with van der Waals surface area (Å²) in [4.78, 5) is 4.39. The number of allylic oxidation sites excluding steroid dienone is 9. The fourth-order valence-corrected chi connectivity index (χ4v) is 1.44. The van der Waals surface area contributed by atoms with Gasteiger partial charge in [-0.25, -0.2) is 0 Å². The van der Waals surface area contributed by atoms with Gasteiger partial charge in [-0.05, 0) is 24.5 Å². The molecule has 1 heteroatoms. The third kappa shape index (κ3) is 2.19. The van der Waals surface area contributed by atoms with Crippen LogP contribution in [0.1, 0.15) is 12.8 Å². The van der Waals surface area contributed by atoms with Crippen LogP contribution in [-0.4, -0.2) is 5.71 Å². The third-order valence-corrected chi connectivity index (χ3v) is 2.16. The Bertz CT molecular complexity index is 376. The molecule has 0 N–H and O–H groups in total. The van der Waals surface area contributed by atoms with Gasteiger partial charge < -0.3 is 0 Å². The summed E-state index contributed by atoms with van der Waals surface area (Å²) in [6.45, 7) is 0. The molecule has 1 aliphatic heterocycles. The van der Waals surface area contributed by atoms with Gasteiger partial charge in [-0.1, -0.05) is 42.5 Å². The lowest BCUT2D eigenvalue weighted by Crippen LogP contribution is -1.95. The van der Waals surface area contributed by atoms with E-state index in [9.17, 15) is 0 Å². The number of hydrogen-bond donors (Lipinski definition) is 0. The van der Waals surface area contributed by atoms with Crippen molar-refractivity contribution in [3.63, 3.8) is 0 Å². The van der Waals surface area contributed by atoms with Gasteiger partial charge in [0.05, 0.1) is 5.71 Å². The molecule has 0 bridgehead atoms. The van der Waals surface area contributed by atoms with E-state index in [1.54, 1.807) is 0 Å². The van der Waals surface area contributed by atoms with Crippen LogP contribution in [0, 0.1) is 0 Å². The molecule has 0 atom stereocenters. The average Bonchev–Trinajstić information content (AvgIpc) is 2.62. The lowest BCUT2D eigenvalue weighted by molar-refractivity contribution is 1.38. The zero-order valence-electron chi connectivity index (χ0n) is 8.06. The van der Waals surface area contributed by atoms with E-state index in [1.165, 1.54) is 5.57 Å². The number of nitrogens with zero attached hydrogens (tertiary/aromatic N) is 1. The molecule has 0 saturated heterocycles. The summed E-state index contributed by atoms with van der Waals surface area (Å²) in [5.74, 6) is 0. The van der Waals surface area contributed by atoms with E-state index in [4.69, 9.17) is 0 Å². The van der Waals surface area contributed by atoms with Crippen LogP contribution in [0.25, 0.3) is 0 Å². The second-order valence-corrected chi connectivity index (χ2v) is 3.22. The Morgan fingerprint density at radius 2 is 1.93 bits per heavy atom. The molecule has 14 heavy (non-hydrogen) atoms. The predicted molar refractivity (Wildman–Crippen MR) is 61.3 cm³/mol. The summed E-state index contributed by atoms with van der Waals surface area (Å²) in [7, 11) is 0. The van der Waals surface area contributed by atoms with Crippen LogP contribution in [0.4, 0.5) is 0 Å². The van der Waals surface area contributed by atoms with Crippen LogP contribution in [0.5, 0.6) is 0 Å². The summed E-state index contributed by atoms with van der Waals surface area (Å²) in [5.41, 5.74) is 2.26. The van der Waals surface area contributed by atoms with Gasteiger partial charge in [0.2, 0.25) is 0 Å². The molecule has 0 radical (unpaired) electrons. The highest BCUT2D eigenvalue weighted by atomic mass is 14.7. The average molecular weight is 183 g/mol. The van der Waals surface area contributed by atoms with Gasteiger partial charge in [-0.3, -0.25) is 4.99 Å². The lowest BCUT2D eigenvalue weighted by Gasteiger charge is -1.99. The molecule has 0 spiro atoms. The highest BCUT2D eigenvalue weighted by Crippen LogP contribution is 2.10. The standard InChI is InChI=1S/C13H13N/c1-2-5-9-12(8-4-1)13-10-6-3-7-11-14-13/h1-2,4,6-11H,3,5H2. The Hall–Kier alpha value is -1.63. The Morgan fingerprint density at radius 3 is 2.93 bits per heavy atom. The SMILES string of the molecule is C1=CCC=C(C2=NC=CCC=C2)C=C1. The molecule has 1 aliphatic carbocycles. The van der Waals surface area contributed by atoms with Crippen molar-refractivity contribution in [2.24, 2.45) is 4.99 Å². The van der Waals surface area contributed by atoms with Crippen molar-refractivity contribution in [3.8, 4) is 0 Å². The Kier molecular flexibility index (Phi) is 2.92. The molecular weight excluding hydrogens is 170 g/mol. The van der Waals surface area contributed by atoms with Crippen molar-refractivity contribution in [2.45, 2.75) is 12.8 Å². The first kappa shape index (κ1) is 8.95. The van der Waals surface area contributed by atoms with E-state index in [0.29, 0.717) is 0 Å². The second-order valence-electron chi connectivity index (χ2n) is 3.22. The zero-order valence-corrected chi connectivity index (χ0v) is 8.06. The molecule has 2 rings (SSSR count). The normalized spacial score (nSPS) is 20.0. The van der Waals surface area contributed by atoms with Crippen LogP contribution in [0.2, 0.25) is 0 Å². The van der Waals surface area contributed by atoms with Crippen LogP contribution < -0.4 is 0 Å². The Balaban J connectivity index is 2.26. The molecule has 0 saturated carbocycles. The largest absolute Gasteiger partial charge is 0.257 e. The van der Waals surface area contributed by atoms with Crippen molar-refractivity contribution >= 4 is 5.71 Å². The van der Waals surface area contributed by atoms with Gasteiger partial charge in [0.15, 0.2) is 0 Å². The Labute approximate surface area is 84.6 Å². The molecule has 1 nitrogen and oxygen atoms in total. The minimum Gasteiger partial charge on any atom is -0.257 e. The fraction of sp³-hybridized carbons (Fsp3) is 0.154. The van der Waals surface area contributed by atoms with Crippen molar-refractivity contribution in [2.75, 3.05) is 0 Å². The first-order chi connectivity index (χ1) is 6.97. The van der Waals surface area contributed by atoms with Gasteiger partial charge in [0.1, 0.15) is 0 Å². The quantitative estimate of drug-likeness (QED) is 0.591. The van der Waals surface area contributed by atoms with Crippen molar-refractivity contribution < 1.29 is 0 Å². The summed E-state index contributed by atoms with van der Waals surface area (Å²) in [6.07, 6.45) is 20.7. The van der Waals surface area contributed by atoms with Gasteiger partial charge in [0, 0.05) is 6.20 Å². The molecular formula is C13H13N. The van der Waals surface area contributed by atoms with E-state index in [2.05, 4.69) is 53.6 Å². The molecule has 70 valence electrons. The van der Waals surface area contributed by atoms with Crippen LogP contribution in [-0.2, 0) is 0 Å². The van der Waals surface area contributed by atoms with E-state index >= 15 is 0 Å². The molecule has 0 unspecified atom stereocenters. The summed E-state index contributed by atoms with van der Waals surface area (Å²) < 4.78 is 0. The predicted octanol–water partition coefficient (Wildman–Crippen LogP) is 3.34. The van der Waals surface area contributed by atoms with Crippen LogP contribution >= 0.6 is 0 Å². The fourth-order valence-electron chi connectivity index (χ4n) is 1.44. The maximum Gasteiger partial charge on any atom is 0.0695 e. The van der Waals surface area contributed by atoms with Crippen molar-refractivity contribution in [3.05, 3.63) is 60.4 Å². The number of hydrogen-bond acceptors (Lipinski definition) is 1. The van der Waals surface area contributed by atoms with Crippen LogP contribution in [0.15, 0.2) is 65.4 Å². The van der Waals surface area contributed by atoms with Gasteiger partial charge in [-0.2, -0.15) is 0 Å².